The Bertz CT molecular complexity index is 962. The molecule has 0 aliphatic rings. The average Bonchev–Trinajstić information content (AvgIpc) is 2.41. The Kier molecular flexibility index (Phi) is 8.86. The van der Waals surface area contributed by atoms with Crippen LogP contribution in [0.4, 0.5) is 0 Å². The molecule has 0 unspecified atom stereocenters. The molecule has 0 spiro atoms. The molecule has 8 nitrogen and oxygen atoms in total. The van der Waals surface area contributed by atoms with Gasteiger partial charge >= 0.3 is 59.1 Å². The van der Waals surface area contributed by atoms with Crippen LogP contribution < -0.4 is 59.1 Å². The van der Waals surface area contributed by atoms with Gasteiger partial charge in [0.25, 0.3) is 0 Å². The summed E-state index contributed by atoms with van der Waals surface area (Å²) in [6, 6.07) is 4.19. The molecule has 0 bridgehead atoms. The molecule has 0 amide bonds. The maximum atomic E-state index is 11.6. The number of hydrogen-bond acceptors (Lipinski definition) is 8. The van der Waals surface area contributed by atoms with Crippen molar-refractivity contribution in [3.63, 3.8) is 0 Å². The Hall–Kier alpha value is -0.140. The fourth-order valence-electron chi connectivity index (χ4n) is 2.43. The van der Waals surface area contributed by atoms with E-state index in [2.05, 4.69) is 0 Å². The molecule has 2 N–H and O–H groups in total. The van der Waals surface area contributed by atoms with Crippen LogP contribution in [0, 0.1) is 13.8 Å². The maximum Gasteiger partial charge on any atom is 1.00 e. The molecule has 0 fully saturated rings. The van der Waals surface area contributed by atoms with Gasteiger partial charge in [0.05, 0.1) is 9.79 Å². The van der Waals surface area contributed by atoms with E-state index in [0.717, 1.165) is 24.3 Å². The first-order valence-corrected chi connectivity index (χ1v) is 9.24. The third-order valence-electron chi connectivity index (χ3n) is 3.54. The molecule has 0 saturated carbocycles. The smallest absolute Gasteiger partial charge is 0.744 e. The van der Waals surface area contributed by atoms with Crippen LogP contribution in [0.15, 0.2) is 34.1 Å². The molecule has 2 aromatic carbocycles. The number of rotatable bonds is 3. The minimum Gasteiger partial charge on any atom is -0.744 e. The monoisotopic (exact) mass is 418 g/mol. The standard InChI is InChI=1S/C14H14O8S2.2Na/c1-7-11(15)5-3-9(13(7)23(17,18)19)10-4-6-12(16)8(2)14(10)24(20,21)22;;/h3-6,15-16H,1-2H3,(H,17,18,19)(H,20,21,22);;/q;2*+1/p-2. The largest absolute Gasteiger partial charge is 1.00 e. The first-order chi connectivity index (χ1) is 10.9. The third kappa shape index (κ3) is 5.02. The number of phenols is 2. The van der Waals surface area contributed by atoms with Crippen LogP contribution in [0.3, 0.4) is 0 Å². The van der Waals surface area contributed by atoms with E-state index < -0.39 is 41.5 Å². The third-order valence-corrected chi connectivity index (χ3v) is 5.60. The van der Waals surface area contributed by atoms with Gasteiger partial charge < -0.3 is 19.3 Å². The molecule has 0 aliphatic carbocycles. The van der Waals surface area contributed by atoms with E-state index in [1.807, 2.05) is 0 Å². The van der Waals surface area contributed by atoms with Crippen LogP contribution in [-0.4, -0.2) is 36.2 Å². The molecule has 130 valence electrons. The van der Waals surface area contributed by atoms with E-state index in [-0.39, 0.29) is 81.4 Å². The predicted molar refractivity (Wildman–Crippen MR) is 80.6 cm³/mol. The Labute approximate surface area is 195 Å². The van der Waals surface area contributed by atoms with Gasteiger partial charge in [-0.1, -0.05) is 0 Å². The zero-order valence-electron chi connectivity index (χ0n) is 14.5. The molecular formula is C14H12Na2O8S2. The van der Waals surface area contributed by atoms with Gasteiger partial charge in [0, 0.05) is 22.3 Å². The fourth-order valence-corrected chi connectivity index (χ4v) is 4.28. The van der Waals surface area contributed by atoms with E-state index in [1.54, 1.807) is 0 Å². The first kappa shape index (κ1) is 25.9. The molecule has 12 heteroatoms. The summed E-state index contributed by atoms with van der Waals surface area (Å²) in [5, 5.41) is 19.3. The van der Waals surface area contributed by atoms with Gasteiger partial charge in [0.2, 0.25) is 0 Å². The van der Waals surface area contributed by atoms with Gasteiger partial charge in [-0.25, -0.2) is 16.8 Å². The second kappa shape index (κ2) is 8.91. The number of phenolic OH excluding ortho intramolecular Hbond substituents is 2. The Morgan fingerprint density at radius 2 is 0.962 bits per heavy atom. The van der Waals surface area contributed by atoms with E-state index in [1.165, 1.54) is 13.8 Å². The van der Waals surface area contributed by atoms with Gasteiger partial charge in [-0.3, -0.25) is 0 Å². The quantitative estimate of drug-likeness (QED) is 0.372. The molecule has 0 atom stereocenters. The van der Waals surface area contributed by atoms with Gasteiger partial charge in [-0.2, -0.15) is 0 Å². The molecule has 2 aromatic rings. The molecule has 2 rings (SSSR count). The van der Waals surface area contributed by atoms with E-state index >= 15 is 0 Å². The SMILES string of the molecule is Cc1c(O)ccc(-c2ccc(O)c(C)c2S(=O)(=O)[O-])c1S(=O)(=O)[O-].[Na+].[Na+]. The normalized spacial score (nSPS) is 11.4. The van der Waals surface area contributed by atoms with Gasteiger partial charge in [-0.05, 0) is 38.1 Å². The minimum atomic E-state index is -5.09. The van der Waals surface area contributed by atoms with Crippen molar-refractivity contribution in [3.8, 4) is 22.6 Å². The molecule has 0 saturated heterocycles. The van der Waals surface area contributed by atoms with Crippen molar-refractivity contribution < 1.29 is 95.3 Å². The van der Waals surface area contributed by atoms with Crippen molar-refractivity contribution in [2.75, 3.05) is 0 Å². The maximum absolute atomic E-state index is 11.6. The summed E-state index contributed by atoms with van der Waals surface area (Å²) in [7, 11) is -10.2. The second-order valence-electron chi connectivity index (χ2n) is 5.08. The van der Waals surface area contributed by atoms with Crippen molar-refractivity contribution in [1.29, 1.82) is 0 Å². The minimum absolute atomic E-state index is 0. The van der Waals surface area contributed by atoms with Crippen molar-refractivity contribution in [2.45, 2.75) is 23.6 Å². The number of hydrogen-bond donors (Lipinski definition) is 2. The average molecular weight is 418 g/mol. The summed E-state index contributed by atoms with van der Waals surface area (Å²) in [5.41, 5.74) is -1.25. The number of benzene rings is 2. The summed E-state index contributed by atoms with van der Waals surface area (Å²) in [4.78, 5) is -1.67. The molecule has 0 aromatic heterocycles. The summed E-state index contributed by atoms with van der Waals surface area (Å²) in [6.45, 7) is 2.34. The summed E-state index contributed by atoms with van der Waals surface area (Å²) in [5.74, 6) is -0.953. The Morgan fingerprint density at radius 3 is 1.19 bits per heavy atom. The van der Waals surface area contributed by atoms with Crippen molar-refractivity contribution >= 4 is 20.2 Å². The second-order valence-corrected chi connectivity index (χ2v) is 7.71. The molecular weight excluding hydrogens is 406 g/mol. The Morgan fingerprint density at radius 1 is 0.692 bits per heavy atom. The van der Waals surface area contributed by atoms with Crippen LogP contribution in [-0.2, 0) is 20.2 Å². The fraction of sp³-hybridized carbons (Fsp3) is 0.143. The van der Waals surface area contributed by atoms with E-state index in [0.29, 0.717) is 0 Å². The van der Waals surface area contributed by atoms with Crippen molar-refractivity contribution in [3.05, 3.63) is 35.4 Å². The van der Waals surface area contributed by atoms with E-state index in [4.69, 9.17) is 0 Å². The zero-order chi connectivity index (χ0) is 18.4. The molecule has 0 aliphatic heterocycles. The molecule has 26 heavy (non-hydrogen) atoms. The van der Waals surface area contributed by atoms with Crippen LogP contribution in [0.2, 0.25) is 0 Å². The number of aromatic hydroxyl groups is 2. The predicted octanol–water partition coefficient (Wildman–Crippen LogP) is -4.80. The topological polar surface area (TPSA) is 155 Å². The van der Waals surface area contributed by atoms with Crippen LogP contribution in [0.1, 0.15) is 11.1 Å². The molecule has 0 heterocycles. The molecule has 0 radical (unpaired) electrons. The van der Waals surface area contributed by atoms with Crippen LogP contribution in [0.5, 0.6) is 11.5 Å². The Balaban J connectivity index is 0.00000312. The summed E-state index contributed by atoms with van der Waals surface area (Å²) in [6.07, 6.45) is 0. The van der Waals surface area contributed by atoms with Crippen LogP contribution >= 0.6 is 0 Å². The van der Waals surface area contributed by atoms with Crippen molar-refractivity contribution in [1.82, 2.24) is 0 Å². The van der Waals surface area contributed by atoms with Crippen molar-refractivity contribution in [2.24, 2.45) is 0 Å². The van der Waals surface area contributed by atoms with Gasteiger partial charge in [0.15, 0.2) is 0 Å². The summed E-state index contributed by atoms with van der Waals surface area (Å²) < 4.78 is 69.4. The van der Waals surface area contributed by atoms with E-state index in [9.17, 15) is 36.2 Å². The summed E-state index contributed by atoms with van der Waals surface area (Å²) >= 11 is 0. The van der Waals surface area contributed by atoms with Gasteiger partial charge in [-0.15, -0.1) is 0 Å². The zero-order valence-corrected chi connectivity index (χ0v) is 20.1. The first-order valence-electron chi connectivity index (χ1n) is 6.43. The van der Waals surface area contributed by atoms with Gasteiger partial charge in [0.1, 0.15) is 31.7 Å². The van der Waals surface area contributed by atoms with Crippen LogP contribution in [0.25, 0.3) is 11.1 Å².